The molecule has 2 heterocycles. The first-order valence-corrected chi connectivity index (χ1v) is 13.6. The summed E-state index contributed by atoms with van der Waals surface area (Å²) in [5.74, 6) is 2.20. The molecule has 5 rings (SSSR count). The number of aromatic nitrogens is 4. The van der Waals surface area contributed by atoms with Crippen molar-refractivity contribution in [3.63, 3.8) is 0 Å². The van der Waals surface area contributed by atoms with Gasteiger partial charge in [0, 0.05) is 33.8 Å². The molecular formula is C30H26ClFN4O3S. The van der Waals surface area contributed by atoms with Crippen molar-refractivity contribution in [1.29, 1.82) is 0 Å². The van der Waals surface area contributed by atoms with Crippen LogP contribution in [-0.4, -0.2) is 41.1 Å². The number of benzene rings is 3. The summed E-state index contributed by atoms with van der Waals surface area (Å²) in [4.78, 5) is 4.93. The van der Waals surface area contributed by atoms with Crippen molar-refractivity contribution >= 4 is 34.3 Å². The summed E-state index contributed by atoms with van der Waals surface area (Å²) < 4.78 is 33.0. The number of ether oxygens (including phenoxy) is 3. The SMILES string of the molecule is C=CCn1c(SCc2ccc(Cl)cc2F)nnc1-c1cc(-c2cc(OC)c(OC)c(OC)c2)nc2ccccc12. The Labute approximate surface area is 240 Å². The van der Waals surface area contributed by atoms with Crippen molar-refractivity contribution < 1.29 is 18.6 Å². The van der Waals surface area contributed by atoms with Crippen LogP contribution >= 0.6 is 23.4 Å². The normalized spacial score (nSPS) is 11.0. The van der Waals surface area contributed by atoms with Gasteiger partial charge in [-0.15, -0.1) is 16.8 Å². The molecule has 0 amide bonds. The van der Waals surface area contributed by atoms with Gasteiger partial charge in [0.05, 0.1) is 32.5 Å². The van der Waals surface area contributed by atoms with E-state index in [0.717, 1.165) is 22.0 Å². The van der Waals surface area contributed by atoms with Gasteiger partial charge < -0.3 is 14.2 Å². The summed E-state index contributed by atoms with van der Waals surface area (Å²) in [5.41, 5.74) is 3.63. The van der Waals surface area contributed by atoms with Crippen molar-refractivity contribution in [2.24, 2.45) is 0 Å². The number of pyridine rings is 1. The summed E-state index contributed by atoms with van der Waals surface area (Å²) in [5, 5.41) is 10.9. The number of thioether (sulfide) groups is 1. The molecule has 7 nitrogen and oxygen atoms in total. The molecule has 0 atom stereocenters. The van der Waals surface area contributed by atoms with Crippen LogP contribution in [0.1, 0.15) is 5.56 Å². The lowest BCUT2D eigenvalue weighted by Crippen LogP contribution is -2.02. The lowest BCUT2D eigenvalue weighted by molar-refractivity contribution is 0.324. The number of hydrogen-bond donors (Lipinski definition) is 0. The maximum Gasteiger partial charge on any atom is 0.203 e. The standard InChI is InChI=1S/C30H26ClFN4O3S/c1-5-12-36-29(34-35-30(36)40-17-18-10-11-20(31)15-23(18)32)22-16-25(33-24-9-7-6-8-21(22)24)19-13-26(37-2)28(39-4)27(14-19)38-3/h5-11,13-16H,1,12,17H2,2-4H3. The topological polar surface area (TPSA) is 71.3 Å². The second-order valence-electron chi connectivity index (χ2n) is 8.72. The van der Waals surface area contributed by atoms with Crippen LogP contribution in [0.15, 0.2) is 78.5 Å². The van der Waals surface area contributed by atoms with Crippen LogP contribution in [0.5, 0.6) is 17.2 Å². The van der Waals surface area contributed by atoms with Gasteiger partial charge in [-0.1, -0.05) is 53.7 Å². The molecule has 0 radical (unpaired) electrons. The molecule has 0 bridgehead atoms. The third-order valence-corrected chi connectivity index (χ3v) is 7.57. The smallest absolute Gasteiger partial charge is 0.203 e. The molecule has 0 aliphatic rings. The second-order valence-corrected chi connectivity index (χ2v) is 10.1. The summed E-state index contributed by atoms with van der Waals surface area (Å²) in [6, 6.07) is 18.2. The fourth-order valence-electron chi connectivity index (χ4n) is 4.41. The van der Waals surface area contributed by atoms with Gasteiger partial charge >= 0.3 is 0 Å². The summed E-state index contributed by atoms with van der Waals surface area (Å²) in [7, 11) is 4.72. The van der Waals surface area contributed by atoms with E-state index in [-0.39, 0.29) is 5.82 Å². The Morgan fingerprint density at radius 2 is 1.73 bits per heavy atom. The maximum atomic E-state index is 14.4. The van der Waals surface area contributed by atoms with Crippen molar-refractivity contribution in [3.8, 4) is 39.9 Å². The molecule has 0 aliphatic heterocycles. The Hall–Kier alpha value is -4.08. The van der Waals surface area contributed by atoms with Crippen LogP contribution in [0.4, 0.5) is 4.39 Å². The van der Waals surface area contributed by atoms with Gasteiger partial charge in [-0.05, 0) is 42.0 Å². The largest absolute Gasteiger partial charge is 0.493 e. The summed E-state index contributed by atoms with van der Waals surface area (Å²) >= 11 is 7.31. The monoisotopic (exact) mass is 576 g/mol. The Morgan fingerprint density at radius 3 is 2.40 bits per heavy atom. The molecule has 0 saturated heterocycles. The van der Waals surface area contributed by atoms with Crippen molar-refractivity contribution in [2.45, 2.75) is 17.5 Å². The first kappa shape index (κ1) is 27.5. The number of methoxy groups -OCH3 is 3. The van der Waals surface area contributed by atoms with Gasteiger partial charge in [0.25, 0.3) is 0 Å². The van der Waals surface area contributed by atoms with Crippen LogP contribution in [-0.2, 0) is 12.3 Å². The van der Waals surface area contributed by atoms with Gasteiger partial charge in [0.15, 0.2) is 22.5 Å². The third-order valence-electron chi connectivity index (χ3n) is 6.32. The van der Waals surface area contributed by atoms with Gasteiger partial charge in [0.2, 0.25) is 5.75 Å². The lowest BCUT2D eigenvalue weighted by atomic mass is 10.0. The lowest BCUT2D eigenvalue weighted by Gasteiger charge is -2.15. The zero-order valence-electron chi connectivity index (χ0n) is 22.1. The molecule has 0 saturated carbocycles. The minimum absolute atomic E-state index is 0.356. The van der Waals surface area contributed by atoms with Crippen molar-refractivity contribution in [3.05, 3.63) is 89.7 Å². The van der Waals surface area contributed by atoms with Gasteiger partial charge in [-0.2, -0.15) is 0 Å². The van der Waals surface area contributed by atoms with Crippen LogP contribution in [0.2, 0.25) is 5.02 Å². The number of halogens is 2. The van der Waals surface area contributed by atoms with Crippen LogP contribution < -0.4 is 14.2 Å². The molecule has 3 aromatic carbocycles. The molecule has 5 aromatic rings. The van der Waals surface area contributed by atoms with Gasteiger partial charge in [0.1, 0.15) is 5.82 Å². The van der Waals surface area contributed by atoms with Crippen LogP contribution in [0.3, 0.4) is 0 Å². The molecule has 10 heteroatoms. The molecule has 40 heavy (non-hydrogen) atoms. The molecule has 0 fully saturated rings. The Balaban J connectivity index is 1.62. The minimum atomic E-state index is -0.356. The van der Waals surface area contributed by atoms with E-state index >= 15 is 0 Å². The van der Waals surface area contributed by atoms with E-state index in [1.807, 2.05) is 47.0 Å². The third kappa shape index (κ3) is 5.35. The summed E-state index contributed by atoms with van der Waals surface area (Å²) in [6.07, 6.45) is 1.78. The Kier molecular flexibility index (Phi) is 8.23. The van der Waals surface area contributed by atoms with E-state index in [4.69, 9.17) is 30.8 Å². The average Bonchev–Trinajstić information content (AvgIpc) is 3.37. The molecule has 0 spiro atoms. The highest BCUT2D eigenvalue weighted by molar-refractivity contribution is 7.98. The van der Waals surface area contributed by atoms with Crippen molar-refractivity contribution in [1.82, 2.24) is 19.7 Å². The number of fused-ring (bicyclic) bond motifs is 1. The number of allylic oxidation sites excluding steroid dienone is 1. The molecule has 2 aromatic heterocycles. The average molecular weight is 577 g/mol. The van der Waals surface area contributed by atoms with E-state index in [0.29, 0.717) is 56.8 Å². The molecule has 204 valence electrons. The molecule has 0 aliphatic carbocycles. The van der Waals surface area contributed by atoms with E-state index in [1.165, 1.54) is 17.8 Å². The van der Waals surface area contributed by atoms with E-state index in [1.54, 1.807) is 39.5 Å². The van der Waals surface area contributed by atoms with Crippen LogP contribution in [0.25, 0.3) is 33.5 Å². The zero-order valence-corrected chi connectivity index (χ0v) is 23.7. The predicted molar refractivity (Wildman–Crippen MR) is 157 cm³/mol. The highest BCUT2D eigenvalue weighted by atomic mass is 35.5. The number of para-hydroxylation sites is 1. The van der Waals surface area contributed by atoms with E-state index < -0.39 is 0 Å². The molecule has 0 unspecified atom stereocenters. The van der Waals surface area contributed by atoms with E-state index in [2.05, 4.69) is 16.8 Å². The Morgan fingerprint density at radius 1 is 0.975 bits per heavy atom. The number of rotatable bonds is 10. The fourth-order valence-corrected chi connectivity index (χ4v) is 5.50. The van der Waals surface area contributed by atoms with Gasteiger partial charge in [-0.3, -0.25) is 4.57 Å². The van der Waals surface area contributed by atoms with Crippen LogP contribution in [0, 0.1) is 5.82 Å². The molecule has 0 N–H and O–H groups in total. The first-order chi connectivity index (χ1) is 19.5. The minimum Gasteiger partial charge on any atom is -0.493 e. The van der Waals surface area contributed by atoms with Gasteiger partial charge in [-0.25, -0.2) is 9.37 Å². The second kappa shape index (κ2) is 12.0. The predicted octanol–water partition coefficient (Wildman–Crippen LogP) is 7.46. The number of nitrogens with zero attached hydrogens (tertiary/aromatic N) is 4. The first-order valence-electron chi connectivity index (χ1n) is 12.3. The maximum absolute atomic E-state index is 14.4. The Bertz CT molecular complexity index is 1680. The summed E-state index contributed by atoms with van der Waals surface area (Å²) in [6.45, 7) is 4.39. The molecular weight excluding hydrogens is 551 g/mol. The zero-order chi connectivity index (χ0) is 28.2. The van der Waals surface area contributed by atoms with E-state index in [9.17, 15) is 4.39 Å². The fraction of sp³-hybridized carbons (Fsp3) is 0.167. The quantitative estimate of drug-likeness (QED) is 0.126. The van der Waals surface area contributed by atoms with Crippen molar-refractivity contribution in [2.75, 3.05) is 21.3 Å². The highest BCUT2D eigenvalue weighted by Gasteiger charge is 2.20. The number of hydrogen-bond acceptors (Lipinski definition) is 7. The highest BCUT2D eigenvalue weighted by Crippen LogP contribution is 2.42.